The number of anilines is 1. The first-order chi connectivity index (χ1) is 13.1. The second-order valence-electron chi connectivity index (χ2n) is 5.45. The molecule has 2 heterocycles. The highest BCUT2D eigenvalue weighted by Crippen LogP contribution is 2.23. The molecule has 140 valence electrons. The van der Waals surface area contributed by atoms with E-state index in [4.69, 9.17) is 25.3 Å². The average molecular weight is 390 g/mol. The molecule has 0 fully saturated rings. The third kappa shape index (κ3) is 4.55. The van der Waals surface area contributed by atoms with Crippen LogP contribution in [0.1, 0.15) is 20.8 Å². The topological polar surface area (TPSA) is 107 Å². The summed E-state index contributed by atoms with van der Waals surface area (Å²) in [6.07, 6.45) is 1.49. The Morgan fingerprint density at radius 2 is 2.04 bits per heavy atom. The fourth-order valence-corrected chi connectivity index (χ4v) is 2.52. The first kappa shape index (κ1) is 18.7. The van der Waals surface area contributed by atoms with Crippen molar-refractivity contribution in [3.05, 3.63) is 58.9 Å². The van der Waals surface area contributed by atoms with Crippen molar-refractivity contribution in [2.45, 2.75) is 0 Å². The predicted octanol–water partition coefficient (Wildman–Crippen LogP) is 3.22. The van der Waals surface area contributed by atoms with E-state index in [-0.39, 0.29) is 16.6 Å². The number of carbonyl (C=O) groups excluding carboxylic acids is 2. The highest BCUT2D eigenvalue weighted by atomic mass is 35.5. The van der Waals surface area contributed by atoms with Gasteiger partial charge in [-0.25, -0.2) is 0 Å². The maximum Gasteiger partial charge on any atom is 0.277 e. The Labute approximate surface area is 159 Å². The fraction of sp³-hybridized carbons (Fsp3) is 0.167. The van der Waals surface area contributed by atoms with Crippen molar-refractivity contribution in [1.29, 1.82) is 0 Å². The van der Waals surface area contributed by atoms with Gasteiger partial charge in [-0.05, 0) is 30.3 Å². The van der Waals surface area contributed by atoms with E-state index in [1.54, 1.807) is 25.3 Å². The maximum atomic E-state index is 12.3. The Kier molecular flexibility index (Phi) is 5.90. The second kappa shape index (κ2) is 8.52. The largest absolute Gasteiger partial charge is 0.461 e. The quantitative estimate of drug-likeness (QED) is 0.601. The molecule has 0 unspecified atom stereocenters. The molecule has 0 aliphatic carbocycles. The van der Waals surface area contributed by atoms with Gasteiger partial charge in [-0.1, -0.05) is 16.8 Å². The van der Waals surface area contributed by atoms with Gasteiger partial charge in [-0.3, -0.25) is 9.59 Å². The monoisotopic (exact) mass is 389 g/mol. The molecular formula is C18H16ClN3O5. The molecule has 0 bridgehead atoms. The summed E-state index contributed by atoms with van der Waals surface area (Å²) in [6, 6.07) is 9.44. The average Bonchev–Trinajstić information content (AvgIpc) is 3.33. The smallest absolute Gasteiger partial charge is 0.277 e. The number of halogens is 1. The number of aromatic nitrogens is 1. The van der Waals surface area contributed by atoms with Gasteiger partial charge in [0.15, 0.2) is 11.5 Å². The molecule has 1 aromatic carbocycles. The van der Waals surface area contributed by atoms with E-state index >= 15 is 0 Å². The van der Waals surface area contributed by atoms with E-state index in [1.807, 2.05) is 0 Å². The van der Waals surface area contributed by atoms with Gasteiger partial charge in [0.25, 0.3) is 11.8 Å². The van der Waals surface area contributed by atoms with Crippen LogP contribution in [-0.2, 0) is 4.74 Å². The van der Waals surface area contributed by atoms with Crippen LogP contribution in [0.15, 0.2) is 51.6 Å². The summed E-state index contributed by atoms with van der Waals surface area (Å²) >= 11 is 6.15. The van der Waals surface area contributed by atoms with Crippen molar-refractivity contribution < 1.29 is 23.3 Å². The van der Waals surface area contributed by atoms with Crippen LogP contribution in [0.5, 0.6) is 0 Å². The highest BCUT2D eigenvalue weighted by Gasteiger charge is 2.16. The van der Waals surface area contributed by atoms with E-state index < -0.39 is 5.91 Å². The maximum absolute atomic E-state index is 12.3. The Bertz CT molecular complexity index is 936. The number of hydrogen-bond donors (Lipinski definition) is 2. The summed E-state index contributed by atoms with van der Waals surface area (Å²) in [6.45, 7) is 0.767. The van der Waals surface area contributed by atoms with Gasteiger partial charge in [0.2, 0.25) is 5.76 Å². The number of rotatable bonds is 7. The summed E-state index contributed by atoms with van der Waals surface area (Å²) in [4.78, 5) is 24.3. The molecule has 27 heavy (non-hydrogen) atoms. The third-order valence-corrected chi connectivity index (χ3v) is 3.88. The lowest BCUT2D eigenvalue weighted by atomic mass is 10.2. The van der Waals surface area contributed by atoms with Crippen LogP contribution in [0.2, 0.25) is 5.02 Å². The number of ether oxygens (including phenoxy) is 1. The zero-order valence-electron chi connectivity index (χ0n) is 14.3. The van der Waals surface area contributed by atoms with Crippen molar-refractivity contribution in [1.82, 2.24) is 10.5 Å². The molecule has 0 aliphatic rings. The summed E-state index contributed by atoms with van der Waals surface area (Å²) in [5.41, 5.74) is 0.798. The number of nitrogens with zero attached hydrogens (tertiary/aromatic N) is 1. The highest BCUT2D eigenvalue weighted by molar-refractivity contribution is 6.34. The third-order valence-electron chi connectivity index (χ3n) is 3.57. The summed E-state index contributed by atoms with van der Waals surface area (Å²) in [5.74, 6) is -0.000806. The van der Waals surface area contributed by atoms with Crippen LogP contribution >= 0.6 is 11.6 Å². The number of nitrogens with one attached hydrogen (secondary N) is 2. The van der Waals surface area contributed by atoms with E-state index in [0.717, 1.165) is 0 Å². The summed E-state index contributed by atoms with van der Waals surface area (Å²) in [7, 11) is 1.54. The molecule has 8 nitrogen and oxygen atoms in total. The molecular weight excluding hydrogens is 374 g/mol. The van der Waals surface area contributed by atoms with Crippen LogP contribution in [0.4, 0.5) is 5.69 Å². The number of amides is 2. The van der Waals surface area contributed by atoms with Crippen LogP contribution in [0.25, 0.3) is 11.5 Å². The van der Waals surface area contributed by atoms with Crippen molar-refractivity contribution in [2.24, 2.45) is 0 Å². The van der Waals surface area contributed by atoms with E-state index in [1.165, 1.54) is 24.5 Å². The van der Waals surface area contributed by atoms with Gasteiger partial charge in [-0.2, -0.15) is 0 Å². The molecule has 3 rings (SSSR count). The van der Waals surface area contributed by atoms with Gasteiger partial charge < -0.3 is 24.3 Å². The number of hydrogen-bond acceptors (Lipinski definition) is 6. The minimum atomic E-state index is -0.482. The van der Waals surface area contributed by atoms with Crippen LogP contribution in [0.3, 0.4) is 0 Å². The SMILES string of the molecule is COCCNC(=O)c1ccc(NC(=O)c2cc(-c3ccco3)on2)cc1Cl. The van der Waals surface area contributed by atoms with Crippen molar-refractivity contribution >= 4 is 29.1 Å². The number of furan rings is 1. The first-order valence-electron chi connectivity index (χ1n) is 7.97. The lowest BCUT2D eigenvalue weighted by Crippen LogP contribution is -2.27. The molecule has 0 saturated heterocycles. The minimum Gasteiger partial charge on any atom is -0.461 e. The normalized spacial score (nSPS) is 10.6. The van der Waals surface area contributed by atoms with Crippen LogP contribution in [0, 0.1) is 0 Å². The fourth-order valence-electron chi connectivity index (χ4n) is 2.25. The van der Waals surface area contributed by atoms with Crippen LogP contribution in [-0.4, -0.2) is 37.2 Å². The molecule has 9 heteroatoms. The van der Waals surface area contributed by atoms with Gasteiger partial charge in [0.1, 0.15) is 0 Å². The van der Waals surface area contributed by atoms with Crippen LogP contribution < -0.4 is 10.6 Å². The van der Waals surface area contributed by atoms with Gasteiger partial charge in [0.05, 0.1) is 23.5 Å². The van der Waals surface area contributed by atoms with Crippen molar-refractivity contribution in [3.8, 4) is 11.5 Å². The molecule has 2 N–H and O–H groups in total. The molecule has 0 aliphatic heterocycles. The van der Waals surface area contributed by atoms with E-state index in [0.29, 0.717) is 35.9 Å². The zero-order chi connectivity index (χ0) is 19.2. The van der Waals surface area contributed by atoms with E-state index in [9.17, 15) is 9.59 Å². The number of methoxy groups -OCH3 is 1. The molecule has 0 saturated carbocycles. The second-order valence-corrected chi connectivity index (χ2v) is 5.86. The Morgan fingerprint density at radius 3 is 2.74 bits per heavy atom. The number of benzene rings is 1. The van der Waals surface area contributed by atoms with Gasteiger partial charge >= 0.3 is 0 Å². The lowest BCUT2D eigenvalue weighted by Gasteiger charge is -2.08. The molecule has 3 aromatic rings. The zero-order valence-corrected chi connectivity index (χ0v) is 15.1. The Balaban J connectivity index is 1.66. The first-order valence-corrected chi connectivity index (χ1v) is 8.35. The minimum absolute atomic E-state index is 0.0823. The summed E-state index contributed by atoms with van der Waals surface area (Å²) < 4.78 is 15.2. The molecule has 0 radical (unpaired) electrons. The molecule has 2 aromatic heterocycles. The Hall–Kier alpha value is -3.10. The van der Waals surface area contributed by atoms with Crippen molar-refractivity contribution in [3.63, 3.8) is 0 Å². The number of carbonyl (C=O) groups is 2. The summed E-state index contributed by atoms with van der Waals surface area (Å²) in [5, 5.41) is 9.25. The standard InChI is InChI=1S/C18H16ClN3O5/c1-25-8-6-20-17(23)12-5-4-11(9-13(12)19)21-18(24)14-10-16(27-22-14)15-3-2-7-26-15/h2-5,7,9-10H,6,8H2,1H3,(H,20,23)(H,21,24). The van der Waals surface area contributed by atoms with E-state index in [2.05, 4.69) is 15.8 Å². The lowest BCUT2D eigenvalue weighted by molar-refractivity contribution is 0.0936. The van der Waals surface area contributed by atoms with Gasteiger partial charge in [-0.15, -0.1) is 0 Å². The molecule has 0 atom stereocenters. The van der Waals surface area contributed by atoms with Crippen molar-refractivity contribution in [2.75, 3.05) is 25.6 Å². The predicted molar refractivity (Wildman–Crippen MR) is 97.8 cm³/mol. The Morgan fingerprint density at radius 1 is 1.19 bits per heavy atom. The van der Waals surface area contributed by atoms with Gasteiger partial charge in [0, 0.05) is 25.4 Å². The molecule has 0 spiro atoms. The molecule has 2 amide bonds.